The Hall–Kier alpha value is -0.810. The number of rotatable bonds is 1. The van der Waals surface area contributed by atoms with Crippen molar-refractivity contribution < 1.29 is 17.6 Å². The maximum atomic E-state index is 13.6. The lowest BCUT2D eigenvalue weighted by molar-refractivity contribution is -0.137. The van der Waals surface area contributed by atoms with E-state index in [4.69, 9.17) is 0 Å². The van der Waals surface area contributed by atoms with Crippen LogP contribution in [0.1, 0.15) is 36.4 Å². The van der Waals surface area contributed by atoms with E-state index in [0.717, 1.165) is 31.9 Å². The molecule has 1 aromatic rings. The first-order valence-corrected chi connectivity index (χ1v) is 5.58. The lowest BCUT2D eigenvalue weighted by Crippen LogP contribution is -2.27. The maximum absolute atomic E-state index is 13.6. The van der Waals surface area contributed by atoms with Crippen LogP contribution in [0.2, 0.25) is 0 Å². The number of benzene rings is 1. The largest absolute Gasteiger partial charge is 0.416 e. The molecule has 0 radical (unpaired) electrons. The third-order valence-corrected chi connectivity index (χ3v) is 3.01. The van der Waals surface area contributed by atoms with Gasteiger partial charge in [0.05, 0.1) is 5.56 Å². The molecule has 0 unspecified atom stereocenters. The molecule has 18 heavy (non-hydrogen) atoms. The van der Waals surface area contributed by atoms with Crippen LogP contribution >= 0.6 is 12.4 Å². The van der Waals surface area contributed by atoms with Crippen molar-refractivity contribution in [2.24, 2.45) is 0 Å². The topological polar surface area (TPSA) is 12.0 Å². The van der Waals surface area contributed by atoms with Crippen LogP contribution in [0.3, 0.4) is 0 Å². The van der Waals surface area contributed by atoms with E-state index in [9.17, 15) is 17.6 Å². The van der Waals surface area contributed by atoms with E-state index >= 15 is 0 Å². The molecule has 1 fully saturated rings. The standard InChI is InChI=1S/C12H13F4N.ClH/c13-10-7-8(12(14,15)16)4-5-9(10)11-3-1-2-6-17-11;/h4-5,7,11,17H,1-3,6H2;1H/t11-;/m1./s1. The molecule has 102 valence electrons. The zero-order chi connectivity index (χ0) is 12.5. The van der Waals surface area contributed by atoms with Gasteiger partial charge in [-0.3, -0.25) is 0 Å². The van der Waals surface area contributed by atoms with E-state index in [-0.39, 0.29) is 18.4 Å². The van der Waals surface area contributed by atoms with Crippen molar-refractivity contribution in [3.05, 3.63) is 35.1 Å². The van der Waals surface area contributed by atoms with Gasteiger partial charge in [0.1, 0.15) is 5.82 Å². The summed E-state index contributed by atoms with van der Waals surface area (Å²) in [6, 6.07) is 2.59. The molecule has 1 aliphatic rings. The molecule has 1 saturated heterocycles. The Morgan fingerprint density at radius 3 is 2.39 bits per heavy atom. The minimum atomic E-state index is -4.49. The number of piperidine rings is 1. The molecule has 0 spiro atoms. The average Bonchev–Trinajstić information content (AvgIpc) is 2.29. The van der Waals surface area contributed by atoms with Crippen LogP contribution in [-0.2, 0) is 6.18 Å². The number of hydrogen-bond acceptors (Lipinski definition) is 1. The van der Waals surface area contributed by atoms with Gasteiger partial charge in [-0.15, -0.1) is 12.4 Å². The zero-order valence-electron chi connectivity index (χ0n) is 9.56. The minimum Gasteiger partial charge on any atom is -0.310 e. The van der Waals surface area contributed by atoms with Crippen LogP contribution in [-0.4, -0.2) is 6.54 Å². The Balaban J connectivity index is 0.00000162. The third-order valence-electron chi connectivity index (χ3n) is 3.01. The van der Waals surface area contributed by atoms with Crippen molar-refractivity contribution >= 4 is 12.4 Å². The quantitative estimate of drug-likeness (QED) is 0.766. The van der Waals surface area contributed by atoms with Gasteiger partial charge >= 0.3 is 6.18 Å². The zero-order valence-corrected chi connectivity index (χ0v) is 10.4. The highest BCUT2D eigenvalue weighted by atomic mass is 35.5. The predicted octanol–water partition coefficient (Wildman–Crippen LogP) is 4.08. The van der Waals surface area contributed by atoms with E-state index in [1.54, 1.807) is 0 Å². The molecule has 0 saturated carbocycles. The van der Waals surface area contributed by atoms with Crippen molar-refractivity contribution in [2.75, 3.05) is 6.54 Å². The Morgan fingerprint density at radius 1 is 1.17 bits per heavy atom. The highest BCUT2D eigenvalue weighted by Crippen LogP contribution is 2.32. The SMILES string of the molecule is Cl.Fc1cc(C(F)(F)F)ccc1[C@H]1CCCCN1. The van der Waals surface area contributed by atoms with Crippen molar-refractivity contribution in [2.45, 2.75) is 31.5 Å². The molecule has 1 heterocycles. The van der Waals surface area contributed by atoms with Crippen LogP contribution in [0.4, 0.5) is 17.6 Å². The summed E-state index contributed by atoms with van der Waals surface area (Å²) in [5.74, 6) is -0.778. The van der Waals surface area contributed by atoms with E-state index in [0.29, 0.717) is 11.6 Å². The predicted molar refractivity (Wildman–Crippen MR) is 63.2 cm³/mol. The van der Waals surface area contributed by atoms with Crippen molar-refractivity contribution in [1.82, 2.24) is 5.32 Å². The monoisotopic (exact) mass is 283 g/mol. The molecular formula is C12H14ClF4N. The molecule has 1 aromatic carbocycles. The Kier molecular flexibility index (Phi) is 4.99. The van der Waals surface area contributed by atoms with E-state index in [1.165, 1.54) is 6.07 Å². The molecule has 0 bridgehead atoms. The summed E-state index contributed by atoms with van der Waals surface area (Å²) in [5, 5.41) is 3.11. The molecule has 0 aliphatic carbocycles. The van der Waals surface area contributed by atoms with Gasteiger partial charge in [-0.2, -0.15) is 13.2 Å². The summed E-state index contributed by atoms with van der Waals surface area (Å²) in [7, 11) is 0. The van der Waals surface area contributed by atoms with Gasteiger partial charge in [0, 0.05) is 11.6 Å². The van der Waals surface area contributed by atoms with E-state index < -0.39 is 17.6 Å². The molecule has 2 rings (SSSR count). The fourth-order valence-corrected chi connectivity index (χ4v) is 2.10. The fraction of sp³-hybridized carbons (Fsp3) is 0.500. The normalized spacial score (nSPS) is 20.3. The van der Waals surface area contributed by atoms with Crippen LogP contribution in [0.25, 0.3) is 0 Å². The van der Waals surface area contributed by atoms with Gasteiger partial charge in [0.25, 0.3) is 0 Å². The highest BCUT2D eigenvalue weighted by molar-refractivity contribution is 5.85. The summed E-state index contributed by atoms with van der Waals surface area (Å²) in [6.45, 7) is 0.783. The molecule has 1 atom stereocenters. The van der Waals surface area contributed by atoms with Gasteiger partial charge in [-0.25, -0.2) is 4.39 Å². The minimum absolute atomic E-state index is 0. The Morgan fingerprint density at radius 2 is 1.89 bits per heavy atom. The van der Waals surface area contributed by atoms with Crippen molar-refractivity contribution in [3.63, 3.8) is 0 Å². The van der Waals surface area contributed by atoms with Gasteiger partial charge < -0.3 is 5.32 Å². The van der Waals surface area contributed by atoms with Gasteiger partial charge in [0.2, 0.25) is 0 Å². The smallest absolute Gasteiger partial charge is 0.310 e. The Bertz CT molecular complexity index is 400. The summed E-state index contributed by atoms with van der Waals surface area (Å²) in [5.41, 5.74) is -0.604. The molecule has 0 amide bonds. The number of nitrogens with one attached hydrogen (secondary N) is 1. The highest BCUT2D eigenvalue weighted by Gasteiger charge is 2.31. The summed E-state index contributed by atoms with van der Waals surface area (Å²) < 4.78 is 50.7. The maximum Gasteiger partial charge on any atom is 0.416 e. The van der Waals surface area contributed by atoms with Crippen molar-refractivity contribution in [3.8, 4) is 0 Å². The van der Waals surface area contributed by atoms with Crippen LogP contribution in [0.5, 0.6) is 0 Å². The fourth-order valence-electron chi connectivity index (χ4n) is 2.10. The molecule has 0 aromatic heterocycles. The molecular weight excluding hydrogens is 270 g/mol. The second-order valence-corrected chi connectivity index (χ2v) is 4.24. The van der Waals surface area contributed by atoms with Crippen LogP contribution in [0, 0.1) is 5.82 Å². The van der Waals surface area contributed by atoms with Gasteiger partial charge in [-0.05, 0) is 31.5 Å². The summed E-state index contributed by atoms with van der Waals surface area (Å²) >= 11 is 0. The summed E-state index contributed by atoms with van der Waals surface area (Å²) in [4.78, 5) is 0. The molecule has 1 N–H and O–H groups in total. The van der Waals surface area contributed by atoms with Gasteiger partial charge in [0.15, 0.2) is 0 Å². The molecule has 1 aliphatic heterocycles. The number of alkyl halides is 3. The van der Waals surface area contributed by atoms with Crippen LogP contribution in [0.15, 0.2) is 18.2 Å². The third kappa shape index (κ3) is 3.36. The number of hydrogen-bond donors (Lipinski definition) is 1. The van der Waals surface area contributed by atoms with E-state index in [2.05, 4.69) is 5.32 Å². The first-order chi connectivity index (χ1) is 7.98. The first-order valence-electron chi connectivity index (χ1n) is 5.58. The van der Waals surface area contributed by atoms with Crippen molar-refractivity contribution in [1.29, 1.82) is 0 Å². The first kappa shape index (κ1) is 15.2. The second kappa shape index (κ2) is 5.89. The molecule has 6 heteroatoms. The lowest BCUT2D eigenvalue weighted by Gasteiger charge is -2.24. The van der Waals surface area contributed by atoms with E-state index in [1.807, 2.05) is 0 Å². The number of halogens is 5. The van der Waals surface area contributed by atoms with Gasteiger partial charge in [-0.1, -0.05) is 12.5 Å². The Labute approximate surface area is 109 Å². The van der Waals surface area contributed by atoms with Crippen LogP contribution < -0.4 is 5.32 Å². The molecule has 1 nitrogen and oxygen atoms in total. The summed E-state index contributed by atoms with van der Waals surface area (Å²) in [6.07, 6.45) is -1.72. The average molecular weight is 284 g/mol. The lowest BCUT2D eigenvalue weighted by atomic mass is 9.96. The second-order valence-electron chi connectivity index (χ2n) is 4.24.